The molecule has 1 aromatic rings. The van der Waals surface area contributed by atoms with Gasteiger partial charge in [0.05, 0.1) is 5.54 Å². The highest BCUT2D eigenvalue weighted by Crippen LogP contribution is 2.36. The molecule has 1 amide bonds. The van der Waals surface area contributed by atoms with Crippen LogP contribution < -0.4 is 5.32 Å². The number of hydrogen-bond donors (Lipinski definition) is 1. The molecule has 0 radical (unpaired) electrons. The van der Waals surface area contributed by atoms with Crippen molar-refractivity contribution in [3.63, 3.8) is 0 Å². The van der Waals surface area contributed by atoms with E-state index in [9.17, 15) is 4.79 Å². The van der Waals surface area contributed by atoms with Crippen LogP contribution in [0.2, 0.25) is 0 Å². The SMILES string of the molecule is CCN(CC)CC1(NC(=O)c2nccn2C)CC1. The second-order valence-electron chi connectivity index (χ2n) is 5.06. The number of nitrogens with one attached hydrogen (secondary N) is 1. The zero-order chi connectivity index (χ0) is 13.2. The van der Waals surface area contributed by atoms with Crippen molar-refractivity contribution in [3.05, 3.63) is 18.2 Å². The van der Waals surface area contributed by atoms with Crippen molar-refractivity contribution in [2.24, 2.45) is 7.05 Å². The van der Waals surface area contributed by atoms with Crippen LogP contribution in [0, 0.1) is 0 Å². The molecule has 1 saturated carbocycles. The molecule has 1 N–H and O–H groups in total. The van der Waals surface area contributed by atoms with Gasteiger partial charge in [-0.3, -0.25) is 4.79 Å². The molecule has 1 aliphatic carbocycles. The molecule has 1 aliphatic rings. The van der Waals surface area contributed by atoms with Crippen LogP contribution in [0.15, 0.2) is 12.4 Å². The van der Waals surface area contributed by atoms with Gasteiger partial charge in [-0.15, -0.1) is 0 Å². The Morgan fingerprint density at radius 2 is 2.17 bits per heavy atom. The third-order valence-corrected chi connectivity index (χ3v) is 3.68. The Bertz CT molecular complexity index is 418. The third-order valence-electron chi connectivity index (χ3n) is 3.68. The van der Waals surface area contributed by atoms with Crippen molar-refractivity contribution in [3.8, 4) is 0 Å². The summed E-state index contributed by atoms with van der Waals surface area (Å²) in [5.74, 6) is 0.424. The third kappa shape index (κ3) is 2.72. The summed E-state index contributed by atoms with van der Waals surface area (Å²) in [6, 6.07) is 0. The lowest BCUT2D eigenvalue weighted by atomic mass is 10.2. The van der Waals surface area contributed by atoms with Crippen LogP contribution in [0.5, 0.6) is 0 Å². The molecule has 5 nitrogen and oxygen atoms in total. The van der Waals surface area contributed by atoms with Crippen molar-refractivity contribution in [1.29, 1.82) is 0 Å². The number of nitrogens with zero attached hydrogens (tertiary/aromatic N) is 3. The van der Waals surface area contributed by atoms with Crippen molar-refractivity contribution in [2.45, 2.75) is 32.2 Å². The second-order valence-corrected chi connectivity index (χ2v) is 5.06. The van der Waals surface area contributed by atoms with E-state index in [1.54, 1.807) is 17.0 Å². The molecule has 1 heterocycles. The average molecular weight is 250 g/mol. The van der Waals surface area contributed by atoms with E-state index in [1.807, 2.05) is 7.05 Å². The van der Waals surface area contributed by atoms with Crippen LogP contribution in [0.25, 0.3) is 0 Å². The minimum absolute atomic E-state index is 0.0188. The summed E-state index contributed by atoms with van der Waals surface area (Å²) in [6.07, 6.45) is 5.58. The molecule has 0 saturated heterocycles. The fraction of sp³-hybridized carbons (Fsp3) is 0.692. The Labute approximate surface area is 108 Å². The van der Waals surface area contributed by atoms with E-state index in [-0.39, 0.29) is 11.4 Å². The molecule has 2 rings (SSSR count). The Kier molecular flexibility index (Phi) is 3.71. The minimum atomic E-state index is -0.0628. The summed E-state index contributed by atoms with van der Waals surface area (Å²) in [5.41, 5.74) is -0.0188. The number of carbonyl (C=O) groups is 1. The summed E-state index contributed by atoms with van der Waals surface area (Å²) in [6.45, 7) is 7.30. The summed E-state index contributed by atoms with van der Waals surface area (Å²) in [4.78, 5) is 18.6. The number of aryl methyl sites for hydroxylation is 1. The Morgan fingerprint density at radius 1 is 1.50 bits per heavy atom. The summed E-state index contributed by atoms with van der Waals surface area (Å²) in [5, 5.41) is 3.15. The zero-order valence-electron chi connectivity index (χ0n) is 11.4. The molecule has 0 aromatic carbocycles. The predicted molar refractivity (Wildman–Crippen MR) is 70.4 cm³/mol. The number of rotatable bonds is 6. The van der Waals surface area contributed by atoms with E-state index in [0.29, 0.717) is 5.82 Å². The minimum Gasteiger partial charge on any atom is -0.343 e. The second kappa shape index (κ2) is 5.10. The van der Waals surface area contributed by atoms with Crippen LogP contribution in [-0.2, 0) is 7.05 Å². The molecule has 5 heteroatoms. The summed E-state index contributed by atoms with van der Waals surface area (Å²) >= 11 is 0. The highest BCUT2D eigenvalue weighted by Gasteiger charge is 2.45. The topological polar surface area (TPSA) is 50.2 Å². The van der Waals surface area contributed by atoms with Crippen LogP contribution in [-0.4, -0.2) is 45.5 Å². The van der Waals surface area contributed by atoms with Gasteiger partial charge in [0.25, 0.3) is 5.91 Å². The molecule has 1 aromatic heterocycles. The molecule has 100 valence electrons. The summed E-state index contributed by atoms with van der Waals surface area (Å²) < 4.78 is 1.75. The van der Waals surface area contributed by atoms with Gasteiger partial charge in [-0.1, -0.05) is 13.8 Å². The monoisotopic (exact) mass is 250 g/mol. The zero-order valence-corrected chi connectivity index (χ0v) is 11.4. The number of imidazole rings is 1. The predicted octanol–water partition coefficient (Wildman–Crippen LogP) is 1.02. The van der Waals surface area contributed by atoms with Gasteiger partial charge in [0.1, 0.15) is 0 Å². The fourth-order valence-electron chi connectivity index (χ4n) is 2.23. The number of hydrogen-bond acceptors (Lipinski definition) is 3. The molecule has 0 unspecified atom stereocenters. The largest absolute Gasteiger partial charge is 0.343 e. The molecule has 18 heavy (non-hydrogen) atoms. The van der Waals surface area contributed by atoms with Crippen LogP contribution in [0.1, 0.15) is 37.3 Å². The lowest BCUT2D eigenvalue weighted by molar-refractivity contribution is 0.0904. The first-order valence-corrected chi connectivity index (χ1v) is 6.62. The van der Waals surface area contributed by atoms with Crippen molar-refractivity contribution < 1.29 is 4.79 Å². The average Bonchev–Trinajstić information content (AvgIpc) is 2.97. The van der Waals surface area contributed by atoms with Gasteiger partial charge in [-0.25, -0.2) is 4.98 Å². The molecule has 0 spiro atoms. The van der Waals surface area contributed by atoms with E-state index in [0.717, 1.165) is 32.5 Å². The smallest absolute Gasteiger partial charge is 0.287 e. The van der Waals surface area contributed by atoms with Crippen LogP contribution in [0.4, 0.5) is 0 Å². The van der Waals surface area contributed by atoms with E-state index < -0.39 is 0 Å². The first-order valence-electron chi connectivity index (χ1n) is 6.62. The van der Waals surface area contributed by atoms with Gasteiger partial charge in [-0.05, 0) is 25.9 Å². The lowest BCUT2D eigenvalue weighted by Gasteiger charge is -2.25. The fourth-order valence-corrected chi connectivity index (χ4v) is 2.23. The normalized spacial score (nSPS) is 16.9. The Morgan fingerprint density at radius 3 is 2.61 bits per heavy atom. The molecule has 1 fully saturated rings. The van der Waals surface area contributed by atoms with Gasteiger partial charge in [-0.2, -0.15) is 0 Å². The maximum absolute atomic E-state index is 12.1. The first-order chi connectivity index (χ1) is 8.60. The molecular weight excluding hydrogens is 228 g/mol. The Balaban J connectivity index is 1.97. The van der Waals surface area contributed by atoms with Crippen molar-refractivity contribution in [2.75, 3.05) is 19.6 Å². The van der Waals surface area contributed by atoms with Crippen molar-refractivity contribution in [1.82, 2.24) is 19.8 Å². The number of likely N-dealkylation sites (N-methyl/N-ethyl adjacent to an activating group) is 1. The van der Waals surface area contributed by atoms with E-state index in [1.165, 1.54) is 0 Å². The van der Waals surface area contributed by atoms with Gasteiger partial charge in [0, 0.05) is 26.0 Å². The molecule has 0 bridgehead atoms. The van der Waals surface area contributed by atoms with E-state index >= 15 is 0 Å². The molecular formula is C13H22N4O. The standard InChI is InChI=1S/C13H22N4O/c1-4-17(5-2)10-13(6-7-13)15-12(18)11-14-8-9-16(11)3/h8-9H,4-7,10H2,1-3H3,(H,15,18). The van der Waals surface area contributed by atoms with Crippen LogP contribution in [0.3, 0.4) is 0 Å². The lowest BCUT2D eigenvalue weighted by Crippen LogP contribution is -2.46. The highest BCUT2D eigenvalue weighted by molar-refractivity contribution is 5.91. The first kappa shape index (κ1) is 13.1. The van der Waals surface area contributed by atoms with Gasteiger partial charge in [0.15, 0.2) is 5.82 Å². The number of carbonyl (C=O) groups excluding carboxylic acids is 1. The van der Waals surface area contributed by atoms with E-state index in [4.69, 9.17) is 0 Å². The van der Waals surface area contributed by atoms with Gasteiger partial charge < -0.3 is 14.8 Å². The van der Waals surface area contributed by atoms with Crippen LogP contribution >= 0.6 is 0 Å². The number of aromatic nitrogens is 2. The maximum Gasteiger partial charge on any atom is 0.287 e. The van der Waals surface area contributed by atoms with Gasteiger partial charge in [0.2, 0.25) is 0 Å². The molecule has 0 atom stereocenters. The number of amides is 1. The quantitative estimate of drug-likeness (QED) is 0.820. The molecule has 0 aliphatic heterocycles. The Hall–Kier alpha value is -1.36. The highest BCUT2D eigenvalue weighted by atomic mass is 16.2. The van der Waals surface area contributed by atoms with E-state index in [2.05, 4.69) is 29.0 Å². The van der Waals surface area contributed by atoms with Crippen molar-refractivity contribution >= 4 is 5.91 Å². The van der Waals surface area contributed by atoms with Gasteiger partial charge >= 0.3 is 0 Å². The maximum atomic E-state index is 12.1. The summed E-state index contributed by atoms with van der Waals surface area (Å²) in [7, 11) is 1.84.